The Labute approximate surface area is 109 Å². The number of carboxylic acid groups (broad SMARTS) is 1. The van der Waals surface area contributed by atoms with Crippen molar-refractivity contribution in [2.24, 2.45) is 0 Å². The van der Waals surface area contributed by atoms with Crippen molar-refractivity contribution < 1.29 is 27.5 Å². The van der Waals surface area contributed by atoms with Crippen molar-refractivity contribution in [3.8, 4) is 0 Å². The average Bonchev–Trinajstić information content (AvgIpc) is 2.59. The fourth-order valence-corrected chi connectivity index (χ4v) is 1.79. The normalized spacial score (nSPS) is 13.9. The van der Waals surface area contributed by atoms with Crippen molar-refractivity contribution in [3.63, 3.8) is 0 Å². The second-order valence-electron chi connectivity index (χ2n) is 3.73. The molecule has 1 aromatic rings. The van der Waals surface area contributed by atoms with Gasteiger partial charge in [-0.05, 0) is 35.0 Å². The van der Waals surface area contributed by atoms with Crippen molar-refractivity contribution in [1.82, 2.24) is 4.90 Å². The first-order chi connectivity index (χ1) is 8.19. The van der Waals surface area contributed by atoms with Gasteiger partial charge in [-0.25, -0.2) is 0 Å². The third kappa shape index (κ3) is 4.69. The quantitative estimate of drug-likeness (QED) is 0.902. The number of hydrogen-bond acceptors (Lipinski definition) is 3. The van der Waals surface area contributed by atoms with Crippen LogP contribution in [0.4, 0.5) is 13.2 Å². The standard InChI is InChI=1S/C10H11BrF3NO3/c1-6(7-2-3-8(11)18-7)15(4-9(16)17)5-10(12,13)14/h2-3,6H,4-5H2,1H3,(H,16,17). The van der Waals surface area contributed by atoms with E-state index in [1.165, 1.54) is 13.0 Å². The van der Waals surface area contributed by atoms with E-state index < -0.39 is 31.3 Å². The molecule has 0 radical (unpaired) electrons. The number of halogens is 4. The summed E-state index contributed by atoms with van der Waals surface area (Å²) in [5.74, 6) is -1.05. The van der Waals surface area contributed by atoms with Gasteiger partial charge in [-0.3, -0.25) is 9.69 Å². The Morgan fingerprint density at radius 2 is 2.17 bits per heavy atom. The van der Waals surface area contributed by atoms with Gasteiger partial charge in [0.1, 0.15) is 5.76 Å². The lowest BCUT2D eigenvalue weighted by atomic mass is 10.2. The smallest absolute Gasteiger partial charge is 0.401 e. The van der Waals surface area contributed by atoms with Gasteiger partial charge in [0.2, 0.25) is 0 Å². The number of rotatable bonds is 5. The molecule has 1 atom stereocenters. The Bertz CT molecular complexity index is 419. The van der Waals surface area contributed by atoms with Gasteiger partial charge in [0.15, 0.2) is 4.67 Å². The third-order valence-corrected chi connectivity index (χ3v) is 2.70. The Morgan fingerprint density at radius 1 is 1.56 bits per heavy atom. The number of hydrogen-bond donors (Lipinski definition) is 1. The maximum Gasteiger partial charge on any atom is 0.401 e. The maximum absolute atomic E-state index is 12.4. The molecule has 1 rings (SSSR count). The lowest BCUT2D eigenvalue weighted by Crippen LogP contribution is -2.39. The van der Waals surface area contributed by atoms with E-state index >= 15 is 0 Å². The summed E-state index contributed by atoms with van der Waals surface area (Å²) in [6.45, 7) is -0.558. The summed E-state index contributed by atoms with van der Waals surface area (Å²) < 4.78 is 42.6. The van der Waals surface area contributed by atoms with E-state index in [4.69, 9.17) is 9.52 Å². The topological polar surface area (TPSA) is 53.7 Å². The maximum atomic E-state index is 12.4. The average molecular weight is 330 g/mol. The van der Waals surface area contributed by atoms with Crippen molar-refractivity contribution >= 4 is 21.9 Å². The minimum absolute atomic E-state index is 0.271. The number of carboxylic acids is 1. The highest BCUT2D eigenvalue weighted by Crippen LogP contribution is 2.27. The zero-order valence-corrected chi connectivity index (χ0v) is 11.0. The molecular formula is C10H11BrF3NO3. The van der Waals surface area contributed by atoms with Gasteiger partial charge in [-0.2, -0.15) is 13.2 Å². The molecule has 0 aliphatic heterocycles. The van der Waals surface area contributed by atoms with Gasteiger partial charge < -0.3 is 9.52 Å². The summed E-state index contributed by atoms with van der Waals surface area (Å²) in [5, 5.41) is 8.63. The summed E-state index contributed by atoms with van der Waals surface area (Å²) in [5.41, 5.74) is 0. The number of furan rings is 1. The first-order valence-electron chi connectivity index (χ1n) is 4.97. The summed E-state index contributed by atoms with van der Waals surface area (Å²) in [6, 6.07) is 2.26. The van der Waals surface area contributed by atoms with Crippen LogP contribution in [-0.4, -0.2) is 35.2 Å². The zero-order chi connectivity index (χ0) is 13.9. The van der Waals surface area contributed by atoms with E-state index in [-0.39, 0.29) is 5.76 Å². The van der Waals surface area contributed by atoms with Gasteiger partial charge >= 0.3 is 12.1 Å². The predicted molar refractivity (Wildman–Crippen MR) is 60.1 cm³/mol. The second-order valence-corrected chi connectivity index (χ2v) is 4.51. The lowest BCUT2D eigenvalue weighted by Gasteiger charge is -2.26. The summed E-state index contributed by atoms with van der Waals surface area (Å²) in [7, 11) is 0. The Kier molecular flexibility index (Phi) is 4.80. The molecule has 0 fully saturated rings. The van der Waals surface area contributed by atoms with Crippen LogP contribution in [0.3, 0.4) is 0 Å². The fraction of sp³-hybridized carbons (Fsp3) is 0.500. The van der Waals surface area contributed by atoms with E-state index in [9.17, 15) is 18.0 Å². The molecule has 1 unspecified atom stereocenters. The molecule has 0 amide bonds. The molecule has 0 aromatic carbocycles. The molecule has 4 nitrogen and oxygen atoms in total. The number of aliphatic carboxylic acids is 1. The summed E-state index contributed by atoms with van der Waals surface area (Å²) in [4.78, 5) is 11.4. The van der Waals surface area contributed by atoms with Crippen molar-refractivity contribution in [2.45, 2.75) is 19.1 Å². The summed E-state index contributed by atoms with van der Waals surface area (Å²) in [6.07, 6.45) is -4.46. The Hall–Kier alpha value is -1.02. The summed E-state index contributed by atoms with van der Waals surface area (Å²) >= 11 is 3.04. The molecule has 0 bridgehead atoms. The van der Waals surface area contributed by atoms with E-state index in [0.717, 1.165) is 4.90 Å². The molecule has 8 heteroatoms. The molecule has 1 N–H and O–H groups in total. The highest BCUT2D eigenvalue weighted by molar-refractivity contribution is 9.10. The van der Waals surface area contributed by atoms with E-state index in [1.807, 2.05) is 0 Å². The van der Waals surface area contributed by atoms with Crippen LogP contribution in [0.2, 0.25) is 0 Å². The number of nitrogens with zero attached hydrogens (tertiary/aromatic N) is 1. The first-order valence-corrected chi connectivity index (χ1v) is 5.76. The molecule has 0 saturated heterocycles. The molecule has 0 aliphatic carbocycles. The molecular weight excluding hydrogens is 319 g/mol. The molecule has 0 spiro atoms. The molecule has 18 heavy (non-hydrogen) atoms. The zero-order valence-electron chi connectivity index (χ0n) is 9.37. The van der Waals surface area contributed by atoms with Gasteiger partial charge in [0.05, 0.1) is 19.1 Å². The van der Waals surface area contributed by atoms with Crippen LogP contribution in [0.5, 0.6) is 0 Å². The lowest BCUT2D eigenvalue weighted by molar-refractivity contribution is -0.158. The number of carbonyl (C=O) groups is 1. The van der Waals surface area contributed by atoms with Gasteiger partial charge in [-0.1, -0.05) is 0 Å². The van der Waals surface area contributed by atoms with Crippen LogP contribution >= 0.6 is 15.9 Å². The molecule has 0 aliphatic rings. The van der Waals surface area contributed by atoms with Crippen molar-refractivity contribution in [3.05, 3.63) is 22.6 Å². The van der Waals surface area contributed by atoms with E-state index in [1.54, 1.807) is 6.07 Å². The molecule has 1 heterocycles. The minimum Gasteiger partial charge on any atom is -0.480 e. The predicted octanol–water partition coefficient (Wildman–Crippen LogP) is 3.05. The van der Waals surface area contributed by atoms with Gasteiger partial charge in [-0.15, -0.1) is 0 Å². The molecule has 1 aromatic heterocycles. The van der Waals surface area contributed by atoms with Crippen molar-refractivity contribution in [1.29, 1.82) is 0 Å². The Balaban J connectivity index is 2.84. The highest BCUT2D eigenvalue weighted by atomic mass is 79.9. The van der Waals surface area contributed by atoms with E-state index in [2.05, 4.69) is 15.9 Å². The highest BCUT2D eigenvalue weighted by Gasteiger charge is 2.34. The molecule has 102 valence electrons. The van der Waals surface area contributed by atoms with E-state index in [0.29, 0.717) is 4.67 Å². The Morgan fingerprint density at radius 3 is 2.56 bits per heavy atom. The van der Waals surface area contributed by atoms with Crippen LogP contribution in [-0.2, 0) is 4.79 Å². The van der Waals surface area contributed by atoms with Crippen LogP contribution < -0.4 is 0 Å². The van der Waals surface area contributed by atoms with Gasteiger partial charge in [0, 0.05) is 0 Å². The van der Waals surface area contributed by atoms with Crippen LogP contribution in [0, 0.1) is 0 Å². The minimum atomic E-state index is -4.46. The SMILES string of the molecule is CC(c1ccc(Br)o1)N(CC(=O)O)CC(F)(F)F. The monoisotopic (exact) mass is 329 g/mol. The largest absolute Gasteiger partial charge is 0.480 e. The second kappa shape index (κ2) is 5.75. The van der Waals surface area contributed by atoms with Gasteiger partial charge in [0.25, 0.3) is 0 Å². The van der Waals surface area contributed by atoms with Crippen LogP contribution in [0.1, 0.15) is 18.7 Å². The van der Waals surface area contributed by atoms with Crippen LogP contribution in [0.15, 0.2) is 21.2 Å². The number of alkyl halides is 3. The molecule has 0 saturated carbocycles. The third-order valence-electron chi connectivity index (χ3n) is 2.27. The fourth-order valence-electron chi connectivity index (χ4n) is 1.47. The van der Waals surface area contributed by atoms with Crippen molar-refractivity contribution in [2.75, 3.05) is 13.1 Å². The first kappa shape index (κ1) is 15.0. The van der Waals surface area contributed by atoms with Crippen LogP contribution in [0.25, 0.3) is 0 Å².